The van der Waals surface area contributed by atoms with E-state index < -0.39 is 23.6 Å². The van der Waals surface area contributed by atoms with Gasteiger partial charge in [-0.1, -0.05) is 0 Å². The van der Waals surface area contributed by atoms with Gasteiger partial charge in [0.05, 0.1) is 26.5 Å². The first-order chi connectivity index (χ1) is 12.0. The molecule has 132 valence electrons. The smallest absolute Gasteiger partial charge is 0.333 e. The number of fused-ring (bicyclic) bond motifs is 3. The van der Waals surface area contributed by atoms with Gasteiger partial charge in [-0.3, -0.25) is 0 Å². The standard InChI is InChI=1S/C18H17F2NO4/c1-4-25-18(22)17-15-11(7-10(23-2)8-14(15)24-3)12-5-9(19)6-13(20)16(12)21-17/h5-8,17,21H,4H2,1-3H3. The molecule has 2 aromatic carbocycles. The van der Waals surface area contributed by atoms with Crippen molar-refractivity contribution in [3.63, 3.8) is 0 Å². The van der Waals surface area contributed by atoms with Crippen LogP contribution in [0.5, 0.6) is 11.5 Å². The SMILES string of the molecule is CCOC(=O)C1Nc2c(F)cc(F)cc2-c2cc(OC)cc(OC)c21. The van der Waals surface area contributed by atoms with E-state index in [4.69, 9.17) is 14.2 Å². The molecule has 1 aliphatic rings. The number of halogens is 2. The van der Waals surface area contributed by atoms with Crippen molar-refractivity contribution in [2.75, 3.05) is 26.1 Å². The van der Waals surface area contributed by atoms with Gasteiger partial charge in [0.2, 0.25) is 0 Å². The fraction of sp³-hybridized carbons (Fsp3) is 0.278. The van der Waals surface area contributed by atoms with Crippen LogP contribution in [0.1, 0.15) is 18.5 Å². The van der Waals surface area contributed by atoms with Crippen molar-refractivity contribution >= 4 is 11.7 Å². The third-order valence-electron chi connectivity index (χ3n) is 4.02. The number of carbonyl (C=O) groups excluding carboxylic acids is 1. The second-order valence-electron chi connectivity index (χ2n) is 5.43. The predicted molar refractivity (Wildman–Crippen MR) is 87.9 cm³/mol. The summed E-state index contributed by atoms with van der Waals surface area (Å²) in [6.45, 7) is 1.85. The molecule has 1 N–H and O–H groups in total. The topological polar surface area (TPSA) is 56.8 Å². The highest BCUT2D eigenvalue weighted by Gasteiger charge is 2.35. The highest BCUT2D eigenvalue weighted by molar-refractivity contribution is 5.94. The number of hydrogen-bond donors (Lipinski definition) is 1. The van der Waals surface area contributed by atoms with Crippen LogP contribution in [0.3, 0.4) is 0 Å². The zero-order chi connectivity index (χ0) is 18.1. The van der Waals surface area contributed by atoms with Crippen molar-refractivity contribution in [3.05, 3.63) is 41.5 Å². The fourth-order valence-corrected chi connectivity index (χ4v) is 2.96. The average molecular weight is 349 g/mol. The molecule has 0 bridgehead atoms. The lowest BCUT2D eigenvalue weighted by Gasteiger charge is -2.30. The van der Waals surface area contributed by atoms with Crippen molar-refractivity contribution < 1.29 is 27.8 Å². The molecule has 25 heavy (non-hydrogen) atoms. The van der Waals surface area contributed by atoms with E-state index >= 15 is 0 Å². The summed E-state index contributed by atoms with van der Waals surface area (Å²) < 4.78 is 43.8. The highest BCUT2D eigenvalue weighted by atomic mass is 19.1. The van der Waals surface area contributed by atoms with Crippen LogP contribution in [0.2, 0.25) is 0 Å². The predicted octanol–water partition coefficient (Wildman–Crippen LogP) is 3.68. The molecule has 0 amide bonds. The summed E-state index contributed by atoms with van der Waals surface area (Å²) in [5, 5.41) is 2.81. The fourth-order valence-electron chi connectivity index (χ4n) is 2.96. The number of rotatable bonds is 4. The first kappa shape index (κ1) is 17.0. The molecule has 1 heterocycles. The third kappa shape index (κ3) is 2.86. The van der Waals surface area contributed by atoms with Gasteiger partial charge < -0.3 is 19.5 Å². The van der Waals surface area contributed by atoms with E-state index in [2.05, 4.69) is 5.32 Å². The van der Waals surface area contributed by atoms with Gasteiger partial charge in [-0.15, -0.1) is 0 Å². The lowest BCUT2D eigenvalue weighted by Crippen LogP contribution is -2.28. The van der Waals surface area contributed by atoms with Crippen LogP contribution in [0, 0.1) is 11.6 Å². The van der Waals surface area contributed by atoms with Crippen LogP contribution in [-0.2, 0) is 9.53 Å². The average Bonchev–Trinajstić information content (AvgIpc) is 2.60. The van der Waals surface area contributed by atoms with Crippen LogP contribution in [0.15, 0.2) is 24.3 Å². The second-order valence-corrected chi connectivity index (χ2v) is 5.43. The zero-order valence-electron chi connectivity index (χ0n) is 14.0. The number of carbonyl (C=O) groups is 1. The van der Waals surface area contributed by atoms with E-state index in [9.17, 15) is 13.6 Å². The number of esters is 1. The number of hydrogen-bond acceptors (Lipinski definition) is 5. The molecule has 1 atom stereocenters. The molecular weight excluding hydrogens is 332 g/mol. The van der Waals surface area contributed by atoms with Gasteiger partial charge in [-0.2, -0.15) is 0 Å². The number of ether oxygens (including phenoxy) is 3. The molecule has 1 aliphatic heterocycles. The van der Waals surface area contributed by atoms with E-state index in [-0.39, 0.29) is 17.9 Å². The summed E-state index contributed by atoms with van der Waals surface area (Å²) in [5.41, 5.74) is 1.20. The summed E-state index contributed by atoms with van der Waals surface area (Å²) >= 11 is 0. The number of nitrogens with one attached hydrogen (secondary N) is 1. The van der Waals surface area contributed by atoms with Crippen molar-refractivity contribution in [2.24, 2.45) is 0 Å². The summed E-state index contributed by atoms with van der Waals surface area (Å²) in [6.07, 6.45) is 0. The number of anilines is 1. The Bertz CT molecular complexity index is 838. The van der Waals surface area contributed by atoms with E-state index in [1.54, 1.807) is 19.1 Å². The van der Waals surface area contributed by atoms with Crippen LogP contribution >= 0.6 is 0 Å². The van der Waals surface area contributed by atoms with Gasteiger partial charge in [-0.05, 0) is 24.6 Å². The summed E-state index contributed by atoms with van der Waals surface area (Å²) in [7, 11) is 2.91. The Morgan fingerprint density at radius 3 is 2.52 bits per heavy atom. The molecular formula is C18H17F2NO4. The Morgan fingerprint density at radius 2 is 1.88 bits per heavy atom. The van der Waals surface area contributed by atoms with Crippen molar-refractivity contribution in [1.82, 2.24) is 0 Å². The summed E-state index contributed by atoms with van der Waals surface area (Å²) in [6, 6.07) is 4.19. The monoisotopic (exact) mass is 349 g/mol. The van der Waals surface area contributed by atoms with E-state index in [0.717, 1.165) is 6.07 Å². The number of benzene rings is 2. The van der Waals surface area contributed by atoms with Crippen molar-refractivity contribution in [3.8, 4) is 22.6 Å². The lowest BCUT2D eigenvalue weighted by atomic mass is 9.88. The molecule has 1 unspecified atom stereocenters. The molecule has 5 nitrogen and oxygen atoms in total. The van der Waals surface area contributed by atoms with E-state index in [1.807, 2.05) is 0 Å². The summed E-state index contributed by atoms with van der Waals surface area (Å²) in [5.74, 6) is -1.30. The molecule has 0 aliphatic carbocycles. The van der Waals surface area contributed by atoms with Crippen LogP contribution in [0.25, 0.3) is 11.1 Å². The Balaban J connectivity index is 2.31. The maximum absolute atomic E-state index is 14.3. The van der Waals surface area contributed by atoms with Crippen molar-refractivity contribution in [2.45, 2.75) is 13.0 Å². The highest BCUT2D eigenvalue weighted by Crippen LogP contribution is 2.48. The molecule has 2 aromatic rings. The third-order valence-corrected chi connectivity index (χ3v) is 4.02. The van der Waals surface area contributed by atoms with Gasteiger partial charge >= 0.3 is 5.97 Å². The van der Waals surface area contributed by atoms with Crippen LogP contribution in [-0.4, -0.2) is 26.8 Å². The summed E-state index contributed by atoms with van der Waals surface area (Å²) in [4.78, 5) is 12.4. The normalized spacial score (nSPS) is 14.8. The Morgan fingerprint density at radius 1 is 1.12 bits per heavy atom. The molecule has 0 radical (unpaired) electrons. The minimum Gasteiger partial charge on any atom is -0.497 e. The Labute approximate surface area is 143 Å². The van der Waals surface area contributed by atoms with Gasteiger partial charge in [0.1, 0.15) is 23.1 Å². The van der Waals surface area contributed by atoms with Crippen LogP contribution < -0.4 is 14.8 Å². The van der Waals surface area contributed by atoms with Gasteiger partial charge in [-0.25, -0.2) is 13.6 Å². The maximum atomic E-state index is 14.3. The largest absolute Gasteiger partial charge is 0.497 e. The maximum Gasteiger partial charge on any atom is 0.333 e. The quantitative estimate of drug-likeness (QED) is 0.854. The molecule has 0 spiro atoms. The molecule has 3 rings (SSSR count). The molecule has 0 aromatic heterocycles. The van der Waals surface area contributed by atoms with Gasteiger partial charge in [0.25, 0.3) is 0 Å². The zero-order valence-corrected chi connectivity index (χ0v) is 14.0. The molecule has 7 heteroatoms. The van der Waals surface area contributed by atoms with Gasteiger partial charge in [0.15, 0.2) is 6.04 Å². The van der Waals surface area contributed by atoms with Crippen LogP contribution in [0.4, 0.5) is 14.5 Å². The molecule has 0 saturated heterocycles. The van der Waals surface area contributed by atoms with Crippen molar-refractivity contribution in [1.29, 1.82) is 0 Å². The second kappa shape index (κ2) is 6.58. The van der Waals surface area contributed by atoms with E-state index in [0.29, 0.717) is 22.6 Å². The number of methoxy groups -OCH3 is 2. The first-order valence-corrected chi connectivity index (χ1v) is 7.68. The molecule has 0 fully saturated rings. The Hall–Kier alpha value is -2.83. The lowest BCUT2D eigenvalue weighted by molar-refractivity contribution is -0.144. The van der Waals surface area contributed by atoms with E-state index in [1.165, 1.54) is 20.3 Å². The first-order valence-electron chi connectivity index (χ1n) is 7.68. The molecule has 0 saturated carbocycles. The van der Waals surface area contributed by atoms with Gasteiger partial charge in [0, 0.05) is 23.3 Å². The Kier molecular flexibility index (Phi) is 4.48. The minimum atomic E-state index is -0.983. The minimum absolute atomic E-state index is 0.0299.